The van der Waals surface area contributed by atoms with Crippen LogP contribution in [0, 0.1) is 5.92 Å². The molecule has 0 aromatic rings. The molecular formula is C20H20. The molecule has 20 heavy (non-hydrogen) atoms. The zero-order valence-electron chi connectivity index (χ0n) is 12.0. The molecule has 0 N–H and O–H groups in total. The Hall–Kier alpha value is -1.82. The molecule has 0 aromatic heterocycles. The van der Waals surface area contributed by atoms with Crippen LogP contribution in [0.15, 0.2) is 82.0 Å². The summed E-state index contributed by atoms with van der Waals surface area (Å²) in [5, 5.41) is 0. The summed E-state index contributed by atoms with van der Waals surface area (Å²) in [7, 11) is 0. The Morgan fingerprint density at radius 1 is 1.15 bits per heavy atom. The molecule has 0 heterocycles. The van der Waals surface area contributed by atoms with Gasteiger partial charge in [-0.1, -0.05) is 62.0 Å². The predicted molar refractivity (Wildman–Crippen MR) is 85.3 cm³/mol. The maximum Gasteiger partial charge on any atom is 0.0351 e. The molecule has 0 aliphatic heterocycles. The minimum atomic E-state index is 0.511. The molecule has 0 aromatic carbocycles. The second-order valence-electron chi connectivity index (χ2n) is 6.02. The first-order chi connectivity index (χ1) is 9.88. The minimum absolute atomic E-state index is 0.511. The molecule has 0 fully saturated rings. The van der Waals surface area contributed by atoms with Crippen LogP contribution < -0.4 is 0 Å². The molecule has 0 saturated heterocycles. The van der Waals surface area contributed by atoms with Crippen molar-refractivity contribution in [2.75, 3.05) is 0 Å². The van der Waals surface area contributed by atoms with Crippen molar-refractivity contribution in [1.29, 1.82) is 0 Å². The summed E-state index contributed by atoms with van der Waals surface area (Å²) in [4.78, 5) is 0. The molecule has 4 aliphatic carbocycles. The van der Waals surface area contributed by atoms with E-state index in [1.165, 1.54) is 36.0 Å². The van der Waals surface area contributed by atoms with Crippen molar-refractivity contribution >= 4 is 0 Å². The molecule has 0 nitrogen and oxygen atoms in total. The zero-order valence-corrected chi connectivity index (χ0v) is 12.0. The minimum Gasteiger partial charge on any atom is -0.0795 e. The highest BCUT2D eigenvalue weighted by molar-refractivity contribution is 5.68. The molecule has 0 heteroatoms. The second kappa shape index (κ2) is 4.63. The fourth-order valence-corrected chi connectivity index (χ4v) is 3.79. The van der Waals surface area contributed by atoms with E-state index >= 15 is 0 Å². The van der Waals surface area contributed by atoms with Gasteiger partial charge in [-0.05, 0) is 52.7 Å². The highest BCUT2D eigenvalue weighted by Crippen LogP contribution is 2.48. The molecule has 0 radical (unpaired) electrons. The highest BCUT2D eigenvalue weighted by atomic mass is 14.4. The van der Waals surface area contributed by atoms with Crippen molar-refractivity contribution in [2.24, 2.45) is 5.92 Å². The molecule has 1 unspecified atom stereocenters. The fraction of sp³-hybridized carbons (Fsp3) is 0.300. The lowest BCUT2D eigenvalue weighted by Crippen LogP contribution is -2.22. The number of rotatable bonds is 3. The quantitative estimate of drug-likeness (QED) is 0.641. The largest absolute Gasteiger partial charge is 0.0795 e. The van der Waals surface area contributed by atoms with E-state index in [0.717, 1.165) is 6.42 Å². The summed E-state index contributed by atoms with van der Waals surface area (Å²) in [6.45, 7) is 2.27. The Balaban J connectivity index is 1.89. The molecule has 0 amide bonds. The van der Waals surface area contributed by atoms with E-state index < -0.39 is 0 Å². The van der Waals surface area contributed by atoms with Crippen LogP contribution in [-0.4, -0.2) is 0 Å². The number of hydrogen-bond acceptors (Lipinski definition) is 0. The van der Waals surface area contributed by atoms with Crippen molar-refractivity contribution in [2.45, 2.75) is 32.6 Å². The van der Waals surface area contributed by atoms with Crippen molar-refractivity contribution in [3.63, 3.8) is 0 Å². The van der Waals surface area contributed by atoms with Crippen LogP contribution in [0.2, 0.25) is 0 Å². The molecule has 1 atom stereocenters. The van der Waals surface area contributed by atoms with Crippen LogP contribution in [0.5, 0.6) is 0 Å². The van der Waals surface area contributed by atoms with Gasteiger partial charge in [0.1, 0.15) is 0 Å². The third-order valence-corrected chi connectivity index (χ3v) is 4.77. The topological polar surface area (TPSA) is 0 Å². The van der Waals surface area contributed by atoms with Crippen molar-refractivity contribution in [3.05, 3.63) is 82.0 Å². The van der Waals surface area contributed by atoms with Crippen LogP contribution in [-0.2, 0) is 0 Å². The highest BCUT2D eigenvalue weighted by Gasteiger charge is 2.33. The van der Waals surface area contributed by atoms with Gasteiger partial charge < -0.3 is 0 Å². The fourth-order valence-electron chi connectivity index (χ4n) is 3.79. The lowest BCUT2D eigenvalue weighted by molar-refractivity contribution is 0.758. The van der Waals surface area contributed by atoms with Gasteiger partial charge >= 0.3 is 0 Å². The zero-order chi connectivity index (χ0) is 13.5. The normalized spacial score (nSPS) is 25.8. The van der Waals surface area contributed by atoms with Gasteiger partial charge in [0, 0.05) is 5.92 Å². The first-order valence-corrected chi connectivity index (χ1v) is 7.79. The Bertz CT molecular complexity index is 669. The molecule has 0 saturated carbocycles. The van der Waals surface area contributed by atoms with E-state index in [4.69, 9.17) is 0 Å². The number of unbranched alkanes of at least 4 members (excludes halogenated alkanes) is 1. The number of allylic oxidation sites excluding steroid dienone is 14. The number of hydrogen-bond donors (Lipinski definition) is 0. The predicted octanol–water partition coefficient (Wildman–Crippen LogP) is 5.35. The van der Waals surface area contributed by atoms with Gasteiger partial charge in [0.25, 0.3) is 0 Å². The summed E-state index contributed by atoms with van der Waals surface area (Å²) in [5.41, 5.74) is 9.11. The maximum atomic E-state index is 2.44. The van der Waals surface area contributed by atoms with Gasteiger partial charge in [0.2, 0.25) is 0 Å². The average Bonchev–Trinajstić information content (AvgIpc) is 2.51. The summed E-state index contributed by atoms with van der Waals surface area (Å²) < 4.78 is 0. The van der Waals surface area contributed by atoms with E-state index in [-0.39, 0.29) is 0 Å². The van der Waals surface area contributed by atoms with Crippen LogP contribution in [0.4, 0.5) is 0 Å². The lowest BCUT2D eigenvalue weighted by atomic mass is 9.67. The average molecular weight is 260 g/mol. The third-order valence-electron chi connectivity index (χ3n) is 4.77. The molecule has 0 spiro atoms. The Labute approximate surface area is 121 Å². The van der Waals surface area contributed by atoms with E-state index in [9.17, 15) is 0 Å². The Morgan fingerprint density at radius 3 is 3.00 bits per heavy atom. The van der Waals surface area contributed by atoms with Crippen LogP contribution >= 0.6 is 0 Å². The maximum absolute atomic E-state index is 2.44. The second-order valence-corrected chi connectivity index (χ2v) is 6.02. The van der Waals surface area contributed by atoms with Gasteiger partial charge in [-0.3, -0.25) is 0 Å². The van der Waals surface area contributed by atoms with Gasteiger partial charge in [0.05, 0.1) is 0 Å². The van der Waals surface area contributed by atoms with E-state index in [0.29, 0.717) is 5.92 Å². The first-order valence-electron chi connectivity index (χ1n) is 7.79. The lowest BCUT2D eigenvalue weighted by Gasteiger charge is -2.37. The van der Waals surface area contributed by atoms with Gasteiger partial charge in [-0.15, -0.1) is 0 Å². The first kappa shape index (κ1) is 12.0. The molecular weight excluding hydrogens is 240 g/mol. The van der Waals surface area contributed by atoms with Crippen molar-refractivity contribution in [3.8, 4) is 0 Å². The molecule has 100 valence electrons. The van der Waals surface area contributed by atoms with Crippen LogP contribution in [0.3, 0.4) is 0 Å². The SMILES string of the molecule is CCCCC1=C2C=CC=C3C=CC4=C(C(=C1)C=CC4)C32. The molecule has 0 bridgehead atoms. The van der Waals surface area contributed by atoms with E-state index in [1.807, 2.05) is 0 Å². The summed E-state index contributed by atoms with van der Waals surface area (Å²) >= 11 is 0. The van der Waals surface area contributed by atoms with E-state index in [1.54, 1.807) is 16.7 Å². The summed E-state index contributed by atoms with van der Waals surface area (Å²) in [6.07, 6.45) is 23.4. The van der Waals surface area contributed by atoms with Crippen molar-refractivity contribution in [1.82, 2.24) is 0 Å². The standard InChI is InChI=1S/C20H20/c1-2-3-6-16-13-17-9-4-7-14-11-12-15-8-5-10-18(16)20(15)19(14)17/h4-5,8-13,20H,2-3,6-7H2,1H3. The Kier molecular flexibility index (Phi) is 2.77. The van der Waals surface area contributed by atoms with E-state index in [2.05, 4.69) is 55.5 Å². The Morgan fingerprint density at radius 2 is 2.10 bits per heavy atom. The molecule has 4 aliphatic rings. The van der Waals surface area contributed by atoms with Crippen molar-refractivity contribution < 1.29 is 0 Å². The third kappa shape index (κ3) is 1.67. The van der Waals surface area contributed by atoms with Crippen LogP contribution in [0.1, 0.15) is 32.6 Å². The summed E-state index contributed by atoms with van der Waals surface area (Å²) in [5.74, 6) is 0.511. The van der Waals surface area contributed by atoms with Gasteiger partial charge in [-0.25, -0.2) is 0 Å². The van der Waals surface area contributed by atoms with Gasteiger partial charge in [0.15, 0.2) is 0 Å². The molecule has 4 rings (SSSR count). The smallest absolute Gasteiger partial charge is 0.0351 e. The monoisotopic (exact) mass is 260 g/mol. The van der Waals surface area contributed by atoms with Crippen LogP contribution in [0.25, 0.3) is 0 Å². The summed E-state index contributed by atoms with van der Waals surface area (Å²) in [6, 6.07) is 0. The van der Waals surface area contributed by atoms with Gasteiger partial charge in [-0.2, -0.15) is 0 Å².